The fourth-order valence-corrected chi connectivity index (χ4v) is 3.10. The van der Waals surface area contributed by atoms with Crippen LogP contribution >= 0.6 is 0 Å². The summed E-state index contributed by atoms with van der Waals surface area (Å²) >= 11 is 0. The highest BCUT2D eigenvalue weighted by Gasteiger charge is 2.13. The van der Waals surface area contributed by atoms with Gasteiger partial charge in [-0.15, -0.1) is 0 Å². The lowest BCUT2D eigenvalue weighted by Crippen LogP contribution is -2.14. The third kappa shape index (κ3) is 3.68. The number of nitrogens with zero attached hydrogens (tertiary/aromatic N) is 2. The van der Waals surface area contributed by atoms with Crippen LogP contribution in [0, 0.1) is 6.92 Å². The van der Waals surface area contributed by atoms with Gasteiger partial charge in [0.05, 0.1) is 11.2 Å². The fraction of sp³-hybridized carbons (Fsp3) is 0.250. The van der Waals surface area contributed by atoms with Crippen molar-refractivity contribution in [2.24, 2.45) is 0 Å². The van der Waals surface area contributed by atoms with E-state index in [2.05, 4.69) is 20.6 Å². The molecule has 2 N–H and O–H groups in total. The number of hydrogen-bond acceptors (Lipinski definition) is 6. The van der Waals surface area contributed by atoms with E-state index in [1.165, 1.54) is 6.92 Å². The van der Waals surface area contributed by atoms with E-state index in [0.29, 0.717) is 13.1 Å². The molecule has 2 heterocycles. The number of anilines is 1. The van der Waals surface area contributed by atoms with Crippen LogP contribution < -0.4 is 20.1 Å². The Morgan fingerprint density at radius 1 is 1.11 bits per heavy atom. The Balaban J connectivity index is 1.52. The molecule has 2 aromatic carbocycles. The molecule has 0 saturated heterocycles. The molecule has 7 heteroatoms. The summed E-state index contributed by atoms with van der Waals surface area (Å²) in [4.78, 5) is 20.2. The summed E-state index contributed by atoms with van der Waals surface area (Å²) in [5.41, 5.74) is 4.59. The van der Waals surface area contributed by atoms with Gasteiger partial charge in [0.25, 0.3) is 0 Å². The van der Waals surface area contributed by atoms with Crippen molar-refractivity contribution >= 4 is 22.5 Å². The molecule has 0 radical (unpaired) electrons. The van der Waals surface area contributed by atoms with Crippen molar-refractivity contribution in [2.75, 3.05) is 12.1 Å². The molecule has 0 fully saturated rings. The van der Waals surface area contributed by atoms with Crippen molar-refractivity contribution < 1.29 is 14.3 Å². The van der Waals surface area contributed by atoms with Gasteiger partial charge in [0.1, 0.15) is 6.33 Å². The second-order valence-electron chi connectivity index (χ2n) is 6.48. The average Bonchev–Trinajstić information content (AvgIpc) is 3.10. The number of hydrogen-bond donors (Lipinski definition) is 2. The van der Waals surface area contributed by atoms with Gasteiger partial charge in [-0.1, -0.05) is 6.07 Å². The summed E-state index contributed by atoms with van der Waals surface area (Å²) in [6.07, 6.45) is 1.57. The standard InChI is InChI=1S/C20H20N4O3/c1-12-5-17-15(7-16(12)24-13(2)25)18(23-10-22-17)9-21-8-14-3-4-19-20(6-14)27-11-26-19/h3-7,10,21H,8-9,11H2,1-2H3,(H,24,25). The zero-order chi connectivity index (χ0) is 18.8. The van der Waals surface area contributed by atoms with Crippen molar-refractivity contribution in [1.29, 1.82) is 0 Å². The van der Waals surface area contributed by atoms with Crippen LogP contribution in [0.4, 0.5) is 5.69 Å². The molecule has 3 aromatic rings. The van der Waals surface area contributed by atoms with Crippen LogP contribution in [0.15, 0.2) is 36.7 Å². The summed E-state index contributed by atoms with van der Waals surface area (Å²) in [6.45, 7) is 4.97. The number of benzene rings is 2. The number of carbonyl (C=O) groups is 1. The maximum absolute atomic E-state index is 11.4. The molecule has 0 atom stereocenters. The highest BCUT2D eigenvalue weighted by molar-refractivity contribution is 5.94. The van der Waals surface area contributed by atoms with Crippen LogP contribution in [0.3, 0.4) is 0 Å². The number of fused-ring (bicyclic) bond motifs is 2. The molecule has 0 saturated carbocycles. The first-order valence-corrected chi connectivity index (χ1v) is 8.71. The zero-order valence-electron chi connectivity index (χ0n) is 15.2. The number of ether oxygens (including phenoxy) is 2. The summed E-state index contributed by atoms with van der Waals surface area (Å²) in [7, 11) is 0. The fourth-order valence-electron chi connectivity index (χ4n) is 3.10. The van der Waals surface area contributed by atoms with Crippen LogP contribution in [0.5, 0.6) is 11.5 Å². The van der Waals surface area contributed by atoms with E-state index in [9.17, 15) is 4.79 Å². The molecule has 4 rings (SSSR count). The quantitative estimate of drug-likeness (QED) is 0.724. The monoisotopic (exact) mass is 364 g/mol. The minimum Gasteiger partial charge on any atom is -0.454 e. The Labute approximate surface area is 156 Å². The van der Waals surface area contributed by atoms with Gasteiger partial charge in [0, 0.05) is 31.1 Å². The molecule has 1 aliphatic rings. The van der Waals surface area contributed by atoms with Crippen LogP contribution in [-0.4, -0.2) is 22.7 Å². The van der Waals surface area contributed by atoms with Gasteiger partial charge in [-0.3, -0.25) is 4.79 Å². The SMILES string of the molecule is CC(=O)Nc1cc2c(CNCc3ccc4c(c3)OCO4)ncnc2cc1C. The van der Waals surface area contributed by atoms with Crippen molar-refractivity contribution in [2.45, 2.75) is 26.9 Å². The lowest BCUT2D eigenvalue weighted by atomic mass is 10.1. The largest absolute Gasteiger partial charge is 0.454 e. The zero-order valence-corrected chi connectivity index (χ0v) is 15.2. The summed E-state index contributed by atoms with van der Waals surface area (Å²) in [5.74, 6) is 1.45. The Hall–Kier alpha value is -3.19. The van der Waals surface area contributed by atoms with Crippen LogP contribution in [0.2, 0.25) is 0 Å². The lowest BCUT2D eigenvalue weighted by molar-refractivity contribution is -0.114. The van der Waals surface area contributed by atoms with E-state index < -0.39 is 0 Å². The van der Waals surface area contributed by atoms with E-state index >= 15 is 0 Å². The molecule has 0 bridgehead atoms. The first-order chi connectivity index (χ1) is 13.1. The normalized spacial score (nSPS) is 12.4. The third-order valence-corrected chi connectivity index (χ3v) is 4.43. The summed E-state index contributed by atoms with van der Waals surface area (Å²) in [6, 6.07) is 9.80. The van der Waals surface area contributed by atoms with Gasteiger partial charge in [-0.05, 0) is 42.3 Å². The van der Waals surface area contributed by atoms with Gasteiger partial charge in [0.15, 0.2) is 11.5 Å². The van der Waals surface area contributed by atoms with E-state index in [1.807, 2.05) is 37.3 Å². The number of nitrogens with one attached hydrogen (secondary N) is 2. The molecular formula is C20H20N4O3. The Bertz CT molecular complexity index is 1020. The second-order valence-corrected chi connectivity index (χ2v) is 6.48. The van der Waals surface area contributed by atoms with Crippen molar-refractivity contribution in [3.05, 3.63) is 53.5 Å². The maximum atomic E-state index is 11.4. The van der Waals surface area contributed by atoms with Gasteiger partial charge >= 0.3 is 0 Å². The number of aromatic nitrogens is 2. The van der Waals surface area contributed by atoms with Crippen LogP contribution in [-0.2, 0) is 17.9 Å². The number of aryl methyl sites for hydroxylation is 1. The van der Waals surface area contributed by atoms with Crippen molar-refractivity contribution in [3.8, 4) is 11.5 Å². The highest BCUT2D eigenvalue weighted by Crippen LogP contribution is 2.32. The van der Waals surface area contributed by atoms with Crippen LogP contribution in [0.1, 0.15) is 23.7 Å². The molecule has 1 aliphatic heterocycles. The smallest absolute Gasteiger partial charge is 0.231 e. The van der Waals surface area contributed by atoms with Crippen LogP contribution in [0.25, 0.3) is 10.9 Å². The molecule has 1 aromatic heterocycles. The number of rotatable bonds is 5. The minimum absolute atomic E-state index is 0.100. The maximum Gasteiger partial charge on any atom is 0.231 e. The predicted molar refractivity (Wildman–Crippen MR) is 102 cm³/mol. The van der Waals surface area contributed by atoms with Crippen molar-refractivity contribution in [1.82, 2.24) is 15.3 Å². The Kier molecular flexibility index (Phi) is 4.60. The topological polar surface area (TPSA) is 85.4 Å². The first kappa shape index (κ1) is 17.2. The second kappa shape index (κ2) is 7.20. The molecule has 0 unspecified atom stereocenters. The molecule has 7 nitrogen and oxygen atoms in total. The highest BCUT2D eigenvalue weighted by atomic mass is 16.7. The molecular weight excluding hydrogens is 344 g/mol. The first-order valence-electron chi connectivity index (χ1n) is 8.71. The molecule has 138 valence electrons. The third-order valence-electron chi connectivity index (χ3n) is 4.43. The van der Waals surface area contributed by atoms with Gasteiger partial charge in [-0.25, -0.2) is 9.97 Å². The molecule has 27 heavy (non-hydrogen) atoms. The van der Waals surface area contributed by atoms with Crippen molar-refractivity contribution in [3.63, 3.8) is 0 Å². The lowest BCUT2D eigenvalue weighted by Gasteiger charge is -2.11. The Morgan fingerprint density at radius 3 is 2.81 bits per heavy atom. The van der Waals surface area contributed by atoms with E-state index in [-0.39, 0.29) is 12.7 Å². The van der Waals surface area contributed by atoms with Gasteiger partial charge < -0.3 is 20.1 Å². The average molecular weight is 364 g/mol. The minimum atomic E-state index is -0.100. The van der Waals surface area contributed by atoms with Gasteiger partial charge in [0.2, 0.25) is 12.7 Å². The van der Waals surface area contributed by atoms with E-state index in [1.54, 1.807) is 6.33 Å². The molecule has 0 spiro atoms. The summed E-state index contributed by atoms with van der Waals surface area (Å²) in [5, 5.41) is 7.18. The molecule has 0 aliphatic carbocycles. The van der Waals surface area contributed by atoms with E-state index in [4.69, 9.17) is 9.47 Å². The predicted octanol–water partition coefficient (Wildman–Crippen LogP) is 2.92. The van der Waals surface area contributed by atoms with Gasteiger partial charge in [-0.2, -0.15) is 0 Å². The Morgan fingerprint density at radius 2 is 1.96 bits per heavy atom. The molecule has 1 amide bonds. The summed E-state index contributed by atoms with van der Waals surface area (Å²) < 4.78 is 10.7. The number of amides is 1. The van der Waals surface area contributed by atoms with E-state index in [0.717, 1.165) is 44.9 Å². The number of carbonyl (C=O) groups excluding carboxylic acids is 1.